The van der Waals surface area contributed by atoms with Crippen molar-refractivity contribution in [3.05, 3.63) is 35.9 Å². The Balaban J connectivity index is 2.20. The van der Waals surface area contributed by atoms with Gasteiger partial charge in [-0.2, -0.15) is 0 Å². The Morgan fingerprint density at radius 2 is 2.17 bits per heavy atom. The van der Waals surface area contributed by atoms with Gasteiger partial charge in [0.15, 0.2) is 0 Å². The van der Waals surface area contributed by atoms with Crippen LogP contribution in [0, 0.1) is 0 Å². The second-order valence-electron chi connectivity index (χ2n) is 4.02. The summed E-state index contributed by atoms with van der Waals surface area (Å²) in [5, 5.41) is 0. The standard InChI is InChI=1S/C13H15NO4/c1-17-9-11(10-5-3-2-4-6-10)12(15)14-7-8-18-13(14)16/h2-6,11H,7-9H2,1H3. The predicted octanol–water partition coefficient (Wildman–Crippen LogP) is 1.40. The van der Waals surface area contributed by atoms with Gasteiger partial charge in [-0.25, -0.2) is 9.69 Å². The normalized spacial score (nSPS) is 16.5. The summed E-state index contributed by atoms with van der Waals surface area (Å²) in [6.07, 6.45) is -0.572. The first-order valence-electron chi connectivity index (χ1n) is 5.76. The average molecular weight is 249 g/mol. The van der Waals surface area contributed by atoms with Crippen LogP contribution in [-0.4, -0.2) is 43.8 Å². The zero-order valence-electron chi connectivity index (χ0n) is 10.2. The Morgan fingerprint density at radius 3 is 2.72 bits per heavy atom. The monoisotopic (exact) mass is 249 g/mol. The van der Waals surface area contributed by atoms with Crippen LogP contribution in [0.1, 0.15) is 11.5 Å². The number of carbonyl (C=O) groups excluding carboxylic acids is 2. The lowest BCUT2D eigenvalue weighted by atomic mass is 9.98. The zero-order chi connectivity index (χ0) is 13.0. The van der Waals surface area contributed by atoms with Crippen LogP contribution in [0.15, 0.2) is 30.3 Å². The molecular weight excluding hydrogens is 234 g/mol. The molecule has 0 saturated carbocycles. The molecule has 1 aromatic carbocycles. The van der Waals surface area contributed by atoms with Gasteiger partial charge in [-0.15, -0.1) is 0 Å². The highest BCUT2D eigenvalue weighted by atomic mass is 16.6. The van der Waals surface area contributed by atoms with Crippen LogP contribution in [0.25, 0.3) is 0 Å². The molecule has 0 spiro atoms. The van der Waals surface area contributed by atoms with Crippen LogP contribution in [0.5, 0.6) is 0 Å². The molecule has 1 aromatic rings. The molecule has 0 radical (unpaired) electrons. The van der Waals surface area contributed by atoms with Crippen molar-refractivity contribution in [1.82, 2.24) is 4.90 Å². The van der Waals surface area contributed by atoms with E-state index in [0.717, 1.165) is 10.5 Å². The second-order valence-corrected chi connectivity index (χ2v) is 4.02. The van der Waals surface area contributed by atoms with Crippen LogP contribution < -0.4 is 0 Å². The van der Waals surface area contributed by atoms with E-state index in [-0.39, 0.29) is 19.1 Å². The molecule has 1 aliphatic rings. The number of rotatable bonds is 4. The highest BCUT2D eigenvalue weighted by molar-refractivity contribution is 5.96. The van der Waals surface area contributed by atoms with Crippen molar-refractivity contribution in [2.75, 3.05) is 26.9 Å². The second kappa shape index (κ2) is 5.64. The van der Waals surface area contributed by atoms with Crippen molar-refractivity contribution in [1.29, 1.82) is 0 Å². The lowest BCUT2D eigenvalue weighted by Crippen LogP contribution is -2.37. The summed E-state index contributed by atoms with van der Waals surface area (Å²) in [4.78, 5) is 24.8. The van der Waals surface area contributed by atoms with E-state index >= 15 is 0 Å². The number of hydrogen-bond donors (Lipinski definition) is 0. The minimum atomic E-state index is -0.572. The number of amides is 2. The lowest BCUT2D eigenvalue weighted by molar-refractivity contribution is -0.130. The fraction of sp³-hybridized carbons (Fsp3) is 0.385. The van der Waals surface area contributed by atoms with Gasteiger partial charge >= 0.3 is 6.09 Å². The number of nitrogens with zero attached hydrogens (tertiary/aromatic N) is 1. The molecule has 2 rings (SSSR count). The Bertz CT molecular complexity index is 432. The maximum Gasteiger partial charge on any atom is 0.416 e. The van der Waals surface area contributed by atoms with Crippen LogP contribution in [-0.2, 0) is 14.3 Å². The van der Waals surface area contributed by atoms with Gasteiger partial charge in [-0.3, -0.25) is 4.79 Å². The van der Waals surface area contributed by atoms with E-state index in [9.17, 15) is 9.59 Å². The summed E-state index contributed by atoms with van der Waals surface area (Å²) in [6.45, 7) is 0.816. The molecular formula is C13H15NO4. The number of imide groups is 1. The highest BCUT2D eigenvalue weighted by Gasteiger charge is 2.34. The van der Waals surface area contributed by atoms with E-state index in [1.807, 2.05) is 30.3 Å². The van der Waals surface area contributed by atoms with Gasteiger partial charge < -0.3 is 9.47 Å². The zero-order valence-corrected chi connectivity index (χ0v) is 10.2. The molecule has 1 unspecified atom stereocenters. The van der Waals surface area contributed by atoms with Crippen molar-refractivity contribution < 1.29 is 19.1 Å². The van der Waals surface area contributed by atoms with E-state index < -0.39 is 12.0 Å². The van der Waals surface area contributed by atoms with Gasteiger partial charge in [0, 0.05) is 7.11 Å². The van der Waals surface area contributed by atoms with E-state index in [0.29, 0.717) is 6.54 Å². The van der Waals surface area contributed by atoms with Crippen molar-refractivity contribution in [2.45, 2.75) is 5.92 Å². The Labute approximate surface area is 105 Å². The fourth-order valence-corrected chi connectivity index (χ4v) is 1.94. The van der Waals surface area contributed by atoms with Gasteiger partial charge in [-0.05, 0) is 5.56 Å². The molecule has 0 aromatic heterocycles. The number of cyclic esters (lactones) is 1. The van der Waals surface area contributed by atoms with Gasteiger partial charge in [0.25, 0.3) is 0 Å². The molecule has 1 atom stereocenters. The molecule has 1 aliphatic heterocycles. The molecule has 5 heteroatoms. The van der Waals surface area contributed by atoms with Crippen molar-refractivity contribution in [3.63, 3.8) is 0 Å². The van der Waals surface area contributed by atoms with Crippen LogP contribution in [0.3, 0.4) is 0 Å². The first-order chi connectivity index (χ1) is 8.74. The van der Waals surface area contributed by atoms with E-state index in [2.05, 4.69) is 0 Å². The maximum atomic E-state index is 12.3. The molecule has 0 N–H and O–H groups in total. The molecule has 1 heterocycles. The van der Waals surface area contributed by atoms with Crippen molar-refractivity contribution in [2.24, 2.45) is 0 Å². The predicted molar refractivity (Wildman–Crippen MR) is 64.1 cm³/mol. The summed E-state index contributed by atoms with van der Waals surface area (Å²) in [5.41, 5.74) is 0.837. The molecule has 0 aliphatic carbocycles. The Kier molecular flexibility index (Phi) is 3.94. The summed E-state index contributed by atoms with van der Waals surface area (Å²) in [5.74, 6) is -0.743. The molecule has 1 saturated heterocycles. The molecule has 5 nitrogen and oxygen atoms in total. The Hall–Kier alpha value is -1.88. The Morgan fingerprint density at radius 1 is 1.44 bits per heavy atom. The molecule has 2 amide bonds. The van der Waals surface area contributed by atoms with Gasteiger partial charge in [0.1, 0.15) is 6.61 Å². The molecule has 18 heavy (non-hydrogen) atoms. The largest absolute Gasteiger partial charge is 0.447 e. The van der Waals surface area contributed by atoms with E-state index in [4.69, 9.17) is 9.47 Å². The van der Waals surface area contributed by atoms with Crippen LogP contribution in [0.4, 0.5) is 4.79 Å². The number of hydrogen-bond acceptors (Lipinski definition) is 4. The highest BCUT2D eigenvalue weighted by Crippen LogP contribution is 2.20. The van der Waals surface area contributed by atoms with E-state index in [1.54, 1.807) is 0 Å². The summed E-state index contributed by atoms with van der Waals surface area (Å²) in [6, 6.07) is 9.29. The quantitative estimate of drug-likeness (QED) is 0.809. The number of methoxy groups -OCH3 is 1. The maximum absolute atomic E-state index is 12.3. The van der Waals surface area contributed by atoms with Crippen molar-refractivity contribution in [3.8, 4) is 0 Å². The van der Waals surface area contributed by atoms with Crippen molar-refractivity contribution >= 4 is 12.0 Å². The number of carbonyl (C=O) groups is 2. The van der Waals surface area contributed by atoms with Crippen LogP contribution >= 0.6 is 0 Å². The smallest absolute Gasteiger partial charge is 0.416 e. The van der Waals surface area contributed by atoms with Crippen LogP contribution in [0.2, 0.25) is 0 Å². The third-order valence-corrected chi connectivity index (χ3v) is 2.86. The van der Waals surface area contributed by atoms with Gasteiger partial charge in [0.2, 0.25) is 5.91 Å². The molecule has 96 valence electrons. The topological polar surface area (TPSA) is 55.8 Å². The lowest BCUT2D eigenvalue weighted by Gasteiger charge is -2.19. The molecule has 1 fully saturated rings. The average Bonchev–Trinajstić information content (AvgIpc) is 2.82. The number of ether oxygens (including phenoxy) is 2. The first kappa shape index (κ1) is 12.6. The SMILES string of the molecule is COCC(C(=O)N1CCOC1=O)c1ccccc1. The third kappa shape index (κ3) is 2.51. The summed E-state index contributed by atoms with van der Waals surface area (Å²) >= 11 is 0. The molecule has 0 bridgehead atoms. The van der Waals surface area contributed by atoms with Gasteiger partial charge in [0.05, 0.1) is 19.1 Å². The number of benzene rings is 1. The van der Waals surface area contributed by atoms with Gasteiger partial charge in [-0.1, -0.05) is 30.3 Å². The van der Waals surface area contributed by atoms with E-state index in [1.165, 1.54) is 7.11 Å². The minimum Gasteiger partial charge on any atom is -0.447 e. The third-order valence-electron chi connectivity index (χ3n) is 2.86. The summed E-state index contributed by atoms with van der Waals surface area (Å²) in [7, 11) is 1.53. The fourth-order valence-electron chi connectivity index (χ4n) is 1.94. The first-order valence-corrected chi connectivity index (χ1v) is 5.76. The minimum absolute atomic E-state index is 0.243. The summed E-state index contributed by atoms with van der Waals surface area (Å²) < 4.78 is 9.85.